The summed E-state index contributed by atoms with van der Waals surface area (Å²) in [6.07, 6.45) is 0. The Labute approximate surface area is 123 Å². The van der Waals surface area contributed by atoms with Crippen LogP contribution in [0.2, 0.25) is 0 Å². The van der Waals surface area contributed by atoms with Gasteiger partial charge in [0.25, 0.3) is 10.1 Å². The van der Waals surface area contributed by atoms with Gasteiger partial charge in [0.2, 0.25) is 0 Å². The molecule has 1 unspecified atom stereocenters. The summed E-state index contributed by atoms with van der Waals surface area (Å²) in [7, 11) is -4.43. The Balaban J connectivity index is 2.71. The summed E-state index contributed by atoms with van der Waals surface area (Å²) in [6, 6.07) is 5.63. The van der Waals surface area contributed by atoms with Crippen molar-refractivity contribution in [3.8, 4) is 0 Å². The van der Waals surface area contributed by atoms with Crippen LogP contribution in [0.5, 0.6) is 0 Å². The lowest BCUT2D eigenvalue weighted by atomic mass is 9.97. The largest absolute Gasteiger partial charge is 0.394 e. The number of hydrogen-bond acceptors (Lipinski definition) is 6. The molecule has 0 fully saturated rings. The first kappa shape index (κ1) is 18.0. The van der Waals surface area contributed by atoms with E-state index in [0.717, 1.165) is 0 Å². The van der Waals surface area contributed by atoms with Gasteiger partial charge in [-0.3, -0.25) is 4.55 Å². The zero-order valence-electron chi connectivity index (χ0n) is 11.7. The van der Waals surface area contributed by atoms with E-state index >= 15 is 0 Å². The lowest BCUT2D eigenvalue weighted by Gasteiger charge is -2.25. The fourth-order valence-corrected chi connectivity index (χ4v) is 2.59. The second-order valence-corrected chi connectivity index (χ2v) is 6.02. The van der Waals surface area contributed by atoms with Crippen LogP contribution >= 0.6 is 0 Å². The number of aliphatic hydroxyl groups excluding tert-OH is 1. The quantitative estimate of drug-likeness (QED) is 0.439. The maximum Gasteiger partial charge on any atom is 0.294 e. The molecule has 0 radical (unpaired) electrons. The molecule has 0 aliphatic heterocycles. The summed E-state index contributed by atoms with van der Waals surface area (Å²) >= 11 is 0. The van der Waals surface area contributed by atoms with E-state index in [4.69, 9.17) is 14.6 Å². The zero-order chi connectivity index (χ0) is 15.9. The van der Waals surface area contributed by atoms with Gasteiger partial charge in [-0.15, -0.1) is 0 Å². The highest BCUT2D eigenvalue weighted by atomic mass is 32.2. The molecule has 0 aliphatic rings. The standard InChI is InChI=1S/C13H20O7S/c1-13(15,10-20-9-8-19-7-6-14)11-4-2-3-5-12(11)21(16,17)18/h2-5,14-15H,6-10H2,1H3,(H,16,17,18). The van der Waals surface area contributed by atoms with E-state index in [2.05, 4.69) is 0 Å². The highest BCUT2D eigenvalue weighted by Gasteiger charge is 2.30. The normalized spacial score (nSPS) is 14.9. The van der Waals surface area contributed by atoms with Gasteiger partial charge < -0.3 is 19.7 Å². The first-order valence-electron chi connectivity index (χ1n) is 6.35. The third-order valence-corrected chi connectivity index (χ3v) is 3.65. The van der Waals surface area contributed by atoms with Gasteiger partial charge in [-0.25, -0.2) is 0 Å². The number of ether oxygens (including phenoxy) is 2. The topological polar surface area (TPSA) is 113 Å². The smallest absolute Gasteiger partial charge is 0.294 e. The molecule has 7 nitrogen and oxygen atoms in total. The third-order valence-electron chi connectivity index (χ3n) is 2.74. The maximum atomic E-state index is 11.3. The van der Waals surface area contributed by atoms with Gasteiger partial charge in [-0.2, -0.15) is 8.42 Å². The molecule has 0 spiro atoms. The Kier molecular flexibility index (Phi) is 6.72. The minimum Gasteiger partial charge on any atom is -0.394 e. The summed E-state index contributed by atoms with van der Waals surface area (Å²) in [5, 5.41) is 18.9. The van der Waals surface area contributed by atoms with Crippen molar-refractivity contribution in [2.45, 2.75) is 17.4 Å². The molecule has 21 heavy (non-hydrogen) atoms. The molecular weight excluding hydrogens is 300 g/mol. The lowest BCUT2D eigenvalue weighted by Crippen LogP contribution is -2.30. The van der Waals surface area contributed by atoms with Crippen molar-refractivity contribution < 1.29 is 32.7 Å². The zero-order valence-corrected chi connectivity index (χ0v) is 12.5. The molecule has 0 saturated carbocycles. The van der Waals surface area contributed by atoms with Crippen molar-refractivity contribution in [2.75, 3.05) is 33.0 Å². The van der Waals surface area contributed by atoms with E-state index in [1.54, 1.807) is 6.07 Å². The van der Waals surface area contributed by atoms with E-state index < -0.39 is 15.7 Å². The Morgan fingerprint density at radius 3 is 2.38 bits per heavy atom. The van der Waals surface area contributed by atoms with E-state index in [0.29, 0.717) is 0 Å². The van der Waals surface area contributed by atoms with Crippen LogP contribution < -0.4 is 0 Å². The van der Waals surface area contributed by atoms with Gasteiger partial charge in [-0.1, -0.05) is 18.2 Å². The third kappa shape index (κ3) is 5.70. The number of hydrogen-bond donors (Lipinski definition) is 3. The molecule has 1 aromatic rings. The monoisotopic (exact) mass is 320 g/mol. The summed E-state index contributed by atoms with van der Waals surface area (Å²) in [5.41, 5.74) is -1.52. The first-order valence-corrected chi connectivity index (χ1v) is 7.79. The van der Waals surface area contributed by atoms with Gasteiger partial charge in [-0.05, 0) is 13.0 Å². The summed E-state index contributed by atoms with van der Waals surface area (Å²) < 4.78 is 42.0. The summed E-state index contributed by atoms with van der Waals surface area (Å²) in [5.74, 6) is 0. The molecule has 0 heterocycles. The minimum atomic E-state index is -4.43. The molecule has 0 aromatic heterocycles. The van der Waals surface area contributed by atoms with Crippen molar-refractivity contribution in [1.29, 1.82) is 0 Å². The molecule has 1 atom stereocenters. The second-order valence-electron chi connectivity index (χ2n) is 4.63. The molecule has 1 rings (SSSR count). The van der Waals surface area contributed by atoms with Gasteiger partial charge in [0.15, 0.2) is 0 Å². The molecule has 1 aromatic carbocycles. The Morgan fingerprint density at radius 2 is 1.76 bits per heavy atom. The van der Waals surface area contributed by atoms with E-state index in [1.165, 1.54) is 25.1 Å². The lowest BCUT2D eigenvalue weighted by molar-refractivity contribution is -0.0545. The predicted octanol–water partition coefficient (Wildman–Crippen LogP) is 0.166. The van der Waals surface area contributed by atoms with Crippen LogP contribution in [0.25, 0.3) is 0 Å². The highest BCUT2D eigenvalue weighted by molar-refractivity contribution is 7.85. The molecule has 3 N–H and O–H groups in total. The van der Waals surface area contributed by atoms with Crippen LogP contribution in [0, 0.1) is 0 Å². The molecular formula is C13H20O7S. The predicted molar refractivity (Wildman–Crippen MR) is 74.6 cm³/mol. The van der Waals surface area contributed by atoms with Crippen LogP contribution in [-0.2, 0) is 25.2 Å². The maximum absolute atomic E-state index is 11.3. The van der Waals surface area contributed by atoms with Crippen LogP contribution in [0.15, 0.2) is 29.2 Å². The molecule has 0 saturated heterocycles. The van der Waals surface area contributed by atoms with E-state index in [9.17, 15) is 18.1 Å². The van der Waals surface area contributed by atoms with Crippen LogP contribution in [0.1, 0.15) is 12.5 Å². The molecule has 0 bridgehead atoms. The van der Waals surface area contributed by atoms with Gasteiger partial charge in [0, 0.05) is 5.56 Å². The van der Waals surface area contributed by atoms with Crippen LogP contribution in [-0.4, -0.2) is 56.2 Å². The Hall–Kier alpha value is -1.03. The Bertz CT molecular complexity index is 539. The Morgan fingerprint density at radius 1 is 1.14 bits per heavy atom. The van der Waals surface area contributed by atoms with Crippen molar-refractivity contribution >= 4 is 10.1 Å². The van der Waals surface area contributed by atoms with Crippen molar-refractivity contribution in [1.82, 2.24) is 0 Å². The molecule has 0 amide bonds. The van der Waals surface area contributed by atoms with Crippen LogP contribution in [0.4, 0.5) is 0 Å². The van der Waals surface area contributed by atoms with Crippen molar-refractivity contribution in [3.05, 3.63) is 29.8 Å². The van der Waals surface area contributed by atoms with Crippen molar-refractivity contribution in [3.63, 3.8) is 0 Å². The summed E-state index contributed by atoms with van der Waals surface area (Å²) in [6.45, 7) is 1.78. The number of rotatable bonds is 9. The fourth-order valence-electron chi connectivity index (χ4n) is 1.77. The van der Waals surface area contributed by atoms with Gasteiger partial charge >= 0.3 is 0 Å². The van der Waals surface area contributed by atoms with E-state index in [-0.39, 0.29) is 43.5 Å². The molecule has 0 aliphatic carbocycles. The average molecular weight is 320 g/mol. The molecule has 120 valence electrons. The number of aliphatic hydroxyl groups is 2. The SMILES string of the molecule is CC(O)(COCCOCCO)c1ccccc1S(=O)(=O)O. The molecule has 8 heteroatoms. The highest BCUT2D eigenvalue weighted by Crippen LogP contribution is 2.27. The second kappa shape index (κ2) is 7.83. The first-order chi connectivity index (χ1) is 9.79. The van der Waals surface area contributed by atoms with Gasteiger partial charge in [0.05, 0.1) is 33.0 Å². The van der Waals surface area contributed by atoms with Gasteiger partial charge in [0.1, 0.15) is 10.5 Å². The van der Waals surface area contributed by atoms with E-state index in [1.807, 2.05) is 0 Å². The fraction of sp³-hybridized carbons (Fsp3) is 0.538. The average Bonchev–Trinajstić information content (AvgIpc) is 2.42. The van der Waals surface area contributed by atoms with Crippen molar-refractivity contribution in [2.24, 2.45) is 0 Å². The minimum absolute atomic E-state index is 0.0591. The van der Waals surface area contributed by atoms with Crippen LogP contribution in [0.3, 0.4) is 0 Å². The summed E-state index contributed by atoms with van der Waals surface area (Å²) in [4.78, 5) is -0.352. The number of benzene rings is 1.